The molecule has 0 bridgehead atoms. The maximum absolute atomic E-state index is 13.2. The molecule has 3 aromatic carbocycles. The number of halogens is 5. The van der Waals surface area contributed by atoms with E-state index in [-0.39, 0.29) is 18.1 Å². The lowest BCUT2D eigenvalue weighted by molar-refractivity contribution is -0.207. The van der Waals surface area contributed by atoms with E-state index in [0.29, 0.717) is 36.9 Å². The van der Waals surface area contributed by atoms with E-state index in [9.17, 15) is 27.9 Å². The molecule has 4 rings (SSSR count). The van der Waals surface area contributed by atoms with Crippen molar-refractivity contribution in [3.8, 4) is 28.3 Å². The van der Waals surface area contributed by atoms with E-state index < -0.39 is 30.7 Å². The van der Waals surface area contributed by atoms with Crippen LogP contribution in [0.15, 0.2) is 71.5 Å². The zero-order valence-electron chi connectivity index (χ0n) is 19.2. The van der Waals surface area contributed by atoms with Gasteiger partial charge in [0.2, 0.25) is 0 Å². The van der Waals surface area contributed by atoms with Crippen LogP contribution in [0.2, 0.25) is 10.0 Å². The molecule has 0 saturated heterocycles. The van der Waals surface area contributed by atoms with Crippen LogP contribution in [-0.2, 0) is 13.1 Å². The number of carbonyl (C=O) groups is 1. The Labute approximate surface area is 223 Å². The molecule has 13 heteroatoms. The Hall–Kier alpha value is -3.80. The van der Waals surface area contributed by atoms with E-state index in [1.807, 2.05) is 0 Å². The largest absolute Gasteiger partial charge is 0.511 e. The molecule has 0 fully saturated rings. The number of ether oxygens (including phenoxy) is 1. The highest BCUT2D eigenvalue weighted by Crippen LogP contribution is 2.32. The molecule has 0 unspecified atom stereocenters. The monoisotopic (exact) mass is 567 g/mol. The predicted octanol–water partition coefficient (Wildman–Crippen LogP) is 5.71. The molecule has 0 aliphatic rings. The average Bonchev–Trinajstić information content (AvgIpc) is 3.13. The van der Waals surface area contributed by atoms with Gasteiger partial charge in [0.15, 0.2) is 11.9 Å². The highest BCUT2D eigenvalue weighted by atomic mass is 35.5. The summed E-state index contributed by atoms with van der Waals surface area (Å²) >= 11 is 12.2. The van der Waals surface area contributed by atoms with Crippen LogP contribution >= 0.6 is 23.2 Å². The molecule has 2 N–H and O–H groups in total. The molecule has 1 aromatic heterocycles. The summed E-state index contributed by atoms with van der Waals surface area (Å²) in [6.07, 6.45) is -9.35. The molecule has 8 nitrogen and oxygen atoms in total. The molecule has 4 aromatic rings. The Morgan fingerprint density at radius 3 is 2.34 bits per heavy atom. The summed E-state index contributed by atoms with van der Waals surface area (Å²) in [5.74, 6) is -0.193. The van der Waals surface area contributed by atoms with Crippen LogP contribution in [0.3, 0.4) is 0 Å². The SMILES string of the molecule is O=C(O)Oc1cc(Cn2nc(-c3ccc(Cl)cc3)n(C[C@H](O)C(F)(F)F)c2=O)cc(-c2ccccc2Cl)c1. The van der Waals surface area contributed by atoms with Crippen molar-refractivity contribution in [2.45, 2.75) is 25.4 Å². The van der Waals surface area contributed by atoms with Gasteiger partial charge in [-0.3, -0.25) is 4.57 Å². The van der Waals surface area contributed by atoms with Crippen molar-refractivity contribution in [3.63, 3.8) is 0 Å². The van der Waals surface area contributed by atoms with Gasteiger partial charge in [0, 0.05) is 21.2 Å². The van der Waals surface area contributed by atoms with Gasteiger partial charge in [-0.1, -0.05) is 41.4 Å². The number of aliphatic hydroxyl groups is 1. The molecule has 0 saturated carbocycles. The number of aromatic nitrogens is 3. The number of nitrogens with zero attached hydrogens (tertiary/aromatic N) is 3. The van der Waals surface area contributed by atoms with E-state index in [0.717, 1.165) is 4.68 Å². The number of carboxylic acid groups (broad SMARTS) is 1. The fourth-order valence-electron chi connectivity index (χ4n) is 3.73. The average molecular weight is 568 g/mol. The summed E-state index contributed by atoms with van der Waals surface area (Å²) in [4.78, 5) is 24.4. The van der Waals surface area contributed by atoms with E-state index in [1.165, 1.54) is 36.4 Å². The van der Waals surface area contributed by atoms with Gasteiger partial charge in [-0.25, -0.2) is 14.3 Å². The second-order valence-corrected chi connectivity index (χ2v) is 9.00. The third-order valence-corrected chi connectivity index (χ3v) is 6.03. The molecule has 0 aliphatic carbocycles. The molecule has 198 valence electrons. The normalized spacial score (nSPS) is 12.4. The predicted molar refractivity (Wildman–Crippen MR) is 134 cm³/mol. The Bertz CT molecular complexity index is 1530. The summed E-state index contributed by atoms with van der Waals surface area (Å²) < 4.78 is 45.8. The standard InChI is InChI=1S/C25H18Cl2F3N3O5/c26-17-7-5-15(6-8-17)22-31-33(23(35)32(22)13-21(34)25(28,29)30)12-14-9-16(11-18(10-14)38-24(36)37)19-3-1-2-4-20(19)27/h1-11,21,34H,12-13H2,(H,36,37)/t21-/m0/s1. The van der Waals surface area contributed by atoms with Crippen molar-refractivity contribution in [1.82, 2.24) is 14.3 Å². The molecule has 1 heterocycles. The summed E-state index contributed by atoms with van der Waals surface area (Å²) in [5, 5.41) is 23.7. The molecule has 1 atom stereocenters. The van der Waals surface area contributed by atoms with E-state index in [4.69, 9.17) is 33.0 Å². The Morgan fingerprint density at radius 1 is 1.03 bits per heavy atom. The Balaban J connectivity index is 1.81. The van der Waals surface area contributed by atoms with Gasteiger partial charge in [0.25, 0.3) is 0 Å². The number of hydrogen-bond acceptors (Lipinski definition) is 5. The van der Waals surface area contributed by atoms with Crippen LogP contribution in [0.25, 0.3) is 22.5 Å². The van der Waals surface area contributed by atoms with Crippen molar-refractivity contribution >= 4 is 29.4 Å². The zero-order chi connectivity index (χ0) is 27.6. The minimum Gasteiger partial charge on any atom is -0.449 e. The van der Waals surface area contributed by atoms with E-state index in [2.05, 4.69) is 5.10 Å². The number of aliphatic hydroxyl groups excluding tert-OH is 1. The minimum absolute atomic E-state index is 0.0668. The van der Waals surface area contributed by atoms with Crippen molar-refractivity contribution < 1.29 is 32.9 Å². The lowest BCUT2D eigenvalue weighted by Gasteiger charge is -2.15. The smallest absolute Gasteiger partial charge is 0.449 e. The molecular formula is C25H18Cl2F3N3O5. The van der Waals surface area contributed by atoms with Gasteiger partial charge < -0.3 is 14.9 Å². The van der Waals surface area contributed by atoms with Crippen molar-refractivity contribution in [2.24, 2.45) is 0 Å². The topological polar surface area (TPSA) is 107 Å². The quantitative estimate of drug-likeness (QED) is 0.219. The summed E-state index contributed by atoms with van der Waals surface area (Å²) in [7, 11) is 0. The first-order chi connectivity index (χ1) is 17.9. The first kappa shape index (κ1) is 27.2. The first-order valence-electron chi connectivity index (χ1n) is 10.9. The van der Waals surface area contributed by atoms with Crippen molar-refractivity contribution in [2.75, 3.05) is 0 Å². The van der Waals surface area contributed by atoms with E-state index in [1.54, 1.807) is 30.3 Å². The second-order valence-electron chi connectivity index (χ2n) is 8.15. The maximum atomic E-state index is 13.2. The van der Waals surface area contributed by atoms with Crippen LogP contribution in [-0.4, -0.2) is 43.0 Å². The Morgan fingerprint density at radius 2 is 1.71 bits per heavy atom. The van der Waals surface area contributed by atoms with Crippen LogP contribution in [0.1, 0.15) is 5.56 Å². The van der Waals surface area contributed by atoms with Gasteiger partial charge in [0.1, 0.15) is 5.75 Å². The van der Waals surface area contributed by atoms with Crippen molar-refractivity contribution in [3.05, 3.63) is 92.8 Å². The number of benzene rings is 3. The number of rotatable bonds is 7. The third-order valence-electron chi connectivity index (χ3n) is 5.45. The van der Waals surface area contributed by atoms with Crippen LogP contribution in [0.5, 0.6) is 5.75 Å². The second kappa shape index (κ2) is 10.9. The van der Waals surface area contributed by atoms with Gasteiger partial charge in [-0.2, -0.15) is 13.2 Å². The number of hydrogen-bond donors (Lipinski definition) is 2. The van der Waals surface area contributed by atoms with Crippen LogP contribution in [0, 0.1) is 0 Å². The number of alkyl halides is 3. The zero-order valence-corrected chi connectivity index (χ0v) is 20.7. The lowest BCUT2D eigenvalue weighted by Crippen LogP contribution is -2.37. The molecule has 0 spiro atoms. The summed E-state index contributed by atoms with van der Waals surface area (Å²) in [6, 6.07) is 17.1. The molecular weight excluding hydrogens is 550 g/mol. The van der Waals surface area contributed by atoms with Gasteiger partial charge in [0.05, 0.1) is 13.1 Å². The van der Waals surface area contributed by atoms with Gasteiger partial charge >= 0.3 is 18.0 Å². The van der Waals surface area contributed by atoms with Gasteiger partial charge in [-0.15, -0.1) is 5.10 Å². The Kier molecular flexibility index (Phi) is 7.81. The minimum atomic E-state index is -4.97. The van der Waals surface area contributed by atoms with Crippen LogP contribution in [0.4, 0.5) is 18.0 Å². The maximum Gasteiger partial charge on any atom is 0.511 e. The summed E-state index contributed by atoms with van der Waals surface area (Å²) in [5.41, 5.74) is 0.743. The highest BCUT2D eigenvalue weighted by molar-refractivity contribution is 6.33. The first-order valence-corrected chi connectivity index (χ1v) is 11.7. The summed E-state index contributed by atoms with van der Waals surface area (Å²) in [6.45, 7) is -1.35. The molecule has 0 aliphatic heterocycles. The highest BCUT2D eigenvalue weighted by Gasteiger charge is 2.39. The molecule has 38 heavy (non-hydrogen) atoms. The lowest BCUT2D eigenvalue weighted by atomic mass is 10.0. The van der Waals surface area contributed by atoms with Crippen molar-refractivity contribution in [1.29, 1.82) is 0 Å². The fourth-order valence-corrected chi connectivity index (χ4v) is 4.10. The third kappa shape index (κ3) is 6.18. The van der Waals surface area contributed by atoms with Crippen LogP contribution < -0.4 is 10.4 Å². The molecule has 0 radical (unpaired) electrons. The molecule has 0 amide bonds. The van der Waals surface area contributed by atoms with E-state index >= 15 is 0 Å². The van der Waals surface area contributed by atoms with Gasteiger partial charge in [-0.05, 0) is 59.7 Å². The fraction of sp³-hybridized carbons (Fsp3) is 0.160.